The predicted molar refractivity (Wildman–Crippen MR) is 68.5 cm³/mol. The maximum atomic E-state index is 13.3. The average molecular weight is 282 g/mol. The molecule has 0 saturated heterocycles. The standard InChI is InChI=1S/C13H15FN2O4/c1-7-2-3-8(6-9(7)14)12(18)16-10(13(19)20)4-5-11(15)17/h2-3,6,10H,4-5H2,1H3,(H2,15,17)(H,16,18)(H,19,20). The molecule has 7 heteroatoms. The maximum absolute atomic E-state index is 13.3. The zero-order valence-corrected chi connectivity index (χ0v) is 10.9. The molecule has 0 aliphatic heterocycles. The van der Waals surface area contributed by atoms with Gasteiger partial charge in [-0.25, -0.2) is 9.18 Å². The molecule has 0 bridgehead atoms. The van der Waals surface area contributed by atoms with Crippen molar-refractivity contribution in [3.8, 4) is 0 Å². The van der Waals surface area contributed by atoms with Crippen LogP contribution in [-0.2, 0) is 9.59 Å². The fraction of sp³-hybridized carbons (Fsp3) is 0.308. The summed E-state index contributed by atoms with van der Waals surface area (Å²) in [6, 6.07) is 2.58. The molecule has 0 aliphatic rings. The molecule has 1 aromatic carbocycles. The Morgan fingerprint density at radius 1 is 1.40 bits per heavy atom. The number of primary amides is 1. The normalized spacial score (nSPS) is 11.7. The minimum absolute atomic E-state index is 0.0124. The predicted octanol–water partition coefficient (Wildman–Crippen LogP) is 0.583. The van der Waals surface area contributed by atoms with Crippen LogP contribution in [0.4, 0.5) is 4.39 Å². The lowest BCUT2D eigenvalue weighted by atomic mass is 10.1. The molecule has 0 fully saturated rings. The van der Waals surface area contributed by atoms with Crippen LogP contribution in [0.3, 0.4) is 0 Å². The van der Waals surface area contributed by atoms with Gasteiger partial charge in [-0.1, -0.05) is 6.07 Å². The third-order valence-electron chi connectivity index (χ3n) is 2.72. The van der Waals surface area contributed by atoms with Crippen molar-refractivity contribution >= 4 is 17.8 Å². The Morgan fingerprint density at radius 3 is 2.55 bits per heavy atom. The summed E-state index contributed by atoms with van der Waals surface area (Å²) in [5, 5.41) is 11.2. The monoisotopic (exact) mass is 282 g/mol. The van der Waals surface area contributed by atoms with E-state index in [1.807, 2.05) is 0 Å². The van der Waals surface area contributed by atoms with Crippen LogP contribution in [0.1, 0.15) is 28.8 Å². The molecule has 2 amide bonds. The van der Waals surface area contributed by atoms with E-state index in [2.05, 4.69) is 5.32 Å². The summed E-state index contributed by atoms with van der Waals surface area (Å²) in [7, 11) is 0. The van der Waals surface area contributed by atoms with Gasteiger partial charge in [0.05, 0.1) is 0 Å². The van der Waals surface area contributed by atoms with E-state index in [1.54, 1.807) is 6.92 Å². The molecular weight excluding hydrogens is 267 g/mol. The fourth-order valence-electron chi connectivity index (χ4n) is 1.52. The summed E-state index contributed by atoms with van der Waals surface area (Å²) < 4.78 is 13.3. The maximum Gasteiger partial charge on any atom is 0.326 e. The summed E-state index contributed by atoms with van der Waals surface area (Å²) in [6.45, 7) is 1.55. The van der Waals surface area contributed by atoms with Crippen LogP contribution >= 0.6 is 0 Å². The molecule has 0 aliphatic carbocycles. The van der Waals surface area contributed by atoms with Crippen molar-refractivity contribution in [2.24, 2.45) is 5.73 Å². The molecule has 0 spiro atoms. The topological polar surface area (TPSA) is 109 Å². The smallest absolute Gasteiger partial charge is 0.326 e. The largest absolute Gasteiger partial charge is 0.480 e. The second kappa shape index (κ2) is 6.65. The number of amides is 2. The molecular formula is C13H15FN2O4. The van der Waals surface area contributed by atoms with Crippen LogP contribution in [0, 0.1) is 12.7 Å². The van der Waals surface area contributed by atoms with E-state index in [0.29, 0.717) is 5.56 Å². The van der Waals surface area contributed by atoms with Gasteiger partial charge in [0.25, 0.3) is 5.91 Å². The number of hydrogen-bond acceptors (Lipinski definition) is 3. The number of nitrogens with one attached hydrogen (secondary N) is 1. The lowest BCUT2D eigenvalue weighted by Crippen LogP contribution is -2.41. The first-order valence-electron chi connectivity index (χ1n) is 5.89. The number of nitrogens with two attached hydrogens (primary N) is 1. The molecule has 0 radical (unpaired) electrons. The molecule has 1 aromatic rings. The van der Waals surface area contributed by atoms with E-state index in [-0.39, 0.29) is 18.4 Å². The number of carbonyl (C=O) groups is 3. The number of hydrogen-bond donors (Lipinski definition) is 3. The van der Waals surface area contributed by atoms with E-state index < -0.39 is 29.6 Å². The fourth-order valence-corrected chi connectivity index (χ4v) is 1.52. The number of halogens is 1. The van der Waals surface area contributed by atoms with Gasteiger partial charge in [-0.15, -0.1) is 0 Å². The van der Waals surface area contributed by atoms with Gasteiger partial charge in [-0.05, 0) is 31.0 Å². The average Bonchev–Trinajstić information content (AvgIpc) is 2.36. The Kier molecular flexibility index (Phi) is 5.19. The van der Waals surface area contributed by atoms with E-state index in [1.165, 1.54) is 12.1 Å². The number of carbonyl (C=O) groups excluding carboxylic acids is 2. The van der Waals surface area contributed by atoms with Crippen molar-refractivity contribution < 1.29 is 23.9 Å². The third kappa shape index (κ3) is 4.34. The minimum Gasteiger partial charge on any atom is -0.480 e. The van der Waals surface area contributed by atoms with E-state index in [4.69, 9.17) is 10.8 Å². The molecule has 0 aromatic heterocycles. The Bertz CT molecular complexity index is 545. The first-order valence-corrected chi connectivity index (χ1v) is 5.89. The van der Waals surface area contributed by atoms with Crippen molar-refractivity contribution in [3.05, 3.63) is 35.1 Å². The number of carboxylic acids is 1. The second-order valence-electron chi connectivity index (χ2n) is 4.33. The highest BCUT2D eigenvalue weighted by molar-refractivity contribution is 5.96. The number of benzene rings is 1. The molecule has 1 unspecified atom stereocenters. The number of aryl methyl sites for hydroxylation is 1. The Labute approximate surface area is 114 Å². The molecule has 1 atom stereocenters. The summed E-state index contributed by atoms with van der Waals surface area (Å²) in [5.41, 5.74) is 5.32. The molecule has 20 heavy (non-hydrogen) atoms. The van der Waals surface area contributed by atoms with Crippen molar-refractivity contribution in [3.63, 3.8) is 0 Å². The number of rotatable bonds is 6. The molecule has 0 heterocycles. The highest BCUT2D eigenvalue weighted by Crippen LogP contribution is 2.10. The third-order valence-corrected chi connectivity index (χ3v) is 2.72. The number of carboxylic acid groups (broad SMARTS) is 1. The van der Waals surface area contributed by atoms with Gasteiger partial charge in [-0.3, -0.25) is 9.59 Å². The van der Waals surface area contributed by atoms with Gasteiger partial charge in [0.1, 0.15) is 11.9 Å². The molecule has 6 nitrogen and oxygen atoms in total. The van der Waals surface area contributed by atoms with Gasteiger partial charge in [0, 0.05) is 12.0 Å². The minimum atomic E-state index is -1.29. The molecule has 4 N–H and O–H groups in total. The summed E-state index contributed by atoms with van der Waals surface area (Å²) in [5.74, 6) is -3.22. The van der Waals surface area contributed by atoms with E-state index >= 15 is 0 Å². The Hall–Kier alpha value is -2.44. The molecule has 0 saturated carbocycles. The van der Waals surface area contributed by atoms with Crippen LogP contribution in [-0.4, -0.2) is 28.9 Å². The summed E-state index contributed by atoms with van der Waals surface area (Å²) >= 11 is 0. The summed E-state index contributed by atoms with van der Waals surface area (Å²) in [6.07, 6.45) is -0.287. The highest BCUT2D eigenvalue weighted by atomic mass is 19.1. The summed E-state index contributed by atoms with van der Waals surface area (Å²) in [4.78, 5) is 33.4. The van der Waals surface area contributed by atoms with Crippen LogP contribution in [0.5, 0.6) is 0 Å². The number of aliphatic carboxylic acids is 1. The van der Waals surface area contributed by atoms with Gasteiger partial charge in [0.2, 0.25) is 5.91 Å². The van der Waals surface area contributed by atoms with E-state index in [0.717, 1.165) is 6.07 Å². The van der Waals surface area contributed by atoms with E-state index in [9.17, 15) is 18.8 Å². The zero-order valence-electron chi connectivity index (χ0n) is 10.9. The van der Waals surface area contributed by atoms with Crippen LogP contribution in [0.25, 0.3) is 0 Å². The quantitative estimate of drug-likeness (QED) is 0.709. The van der Waals surface area contributed by atoms with Gasteiger partial charge in [0.15, 0.2) is 0 Å². The highest BCUT2D eigenvalue weighted by Gasteiger charge is 2.21. The lowest BCUT2D eigenvalue weighted by Gasteiger charge is -2.13. The SMILES string of the molecule is Cc1ccc(C(=O)NC(CCC(N)=O)C(=O)O)cc1F. The molecule has 108 valence electrons. The zero-order chi connectivity index (χ0) is 15.3. The lowest BCUT2D eigenvalue weighted by molar-refractivity contribution is -0.139. The van der Waals surface area contributed by atoms with Crippen LogP contribution in [0.2, 0.25) is 0 Å². The Morgan fingerprint density at radius 2 is 2.05 bits per heavy atom. The second-order valence-corrected chi connectivity index (χ2v) is 4.33. The van der Waals surface area contributed by atoms with Crippen molar-refractivity contribution in [1.29, 1.82) is 0 Å². The van der Waals surface area contributed by atoms with Crippen molar-refractivity contribution in [2.75, 3.05) is 0 Å². The van der Waals surface area contributed by atoms with Crippen LogP contribution < -0.4 is 11.1 Å². The van der Waals surface area contributed by atoms with Crippen molar-refractivity contribution in [2.45, 2.75) is 25.8 Å². The van der Waals surface area contributed by atoms with Crippen molar-refractivity contribution in [1.82, 2.24) is 5.32 Å². The first kappa shape index (κ1) is 15.6. The first-order chi connectivity index (χ1) is 9.31. The van der Waals surface area contributed by atoms with Crippen LogP contribution in [0.15, 0.2) is 18.2 Å². The Balaban J connectivity index is 2.77. The molecule has 1 rings (SSSR count). The van der Waals surface area contributed by atoms with Gasteiger partial charge >= 0.3 is 5.97 Å². The van der Waals surface area contributed by atoms with Gasteiger partial charge < -0.3 is 16.2 Å². The van der Waals surface area contributed by atoms with Gasteiger partial charge in [-0.2, -0.15) is 0 Å².